The van der Waals surface area contributed by atoms with E-state index in [9.17, 15) is 0 Å². The summed E-state index contributed by atoms with van der Waals surface area (Å²) in [6.45, 7) is 0. The third-order valence-electron chi connectivity index (χ3n) is 4.11. The van der Waals surface area contributed by atoms with Crippen molar-refractivity contribution in [3.8, 4) is 0 Å². The van der Waals surface area contributed by atoms with Crippen LogP contribution in [0.4, 0.5) is 5.69 Å². The Bertz CT molecular complexity index is 876. The van der Waals surface area contributed by atoms with Gasteiger partial charge in [0.15, 0.2) is 5.58 Å². The van der Waals surface area contributed by atoms with Gasteiger partial charge in [0.05, 0.1) is 16.3 Å². The SMILES string of the molecule is C1=C(C2=Nc3cc4oc(C5=CCCS5)nc4cc3C2)SCC1. The first-order valence-corrected chi connectivity index (χ1v) is 9.52. The van der Waals surface area contributed by atoms with E-state index in [2.05, 4.69) is 29.3 Å². The molecule has 1 aromatic carbocycles. The van der Waals surface area contributed by atoms with Crippen LogP contribution in [-0.4, -0.2) is 22.2 Å². The number of hydrogen-bond acceptors (Lipinski definition) is 5. The number of hydrogen-bond donors (Lipinski definition) is 0. The summed E-state index contributed by atoms with van der Waals surface area (Å²) < 4.78 is 5.95. The number of nitrogens with zero attached hydrogens (tertiary/aromatic N) is 2. The molecule has 22 heavy (non-hydrogen) atoms. The summed E-state index contributed by atoms with van der Waals surface area (Å²) >= 11 is 3.74. The van der Waals surface area contributed by atoms with Crippen molar-refractivity contribution >= 4 is 50.9 Å². The monoisotopic (exact) mass is 326 g/mol. The maximum Gasteiger partial charge on any atom is 0.233 e. The normalized spacial score (nSPS) is 20.3. The molecule has 0 radical (unpaired) electrons. The van der Waals surface area contributed by atoms with Gasteiger partial charge in [-0.3, -0.25) is 4.99 Å². The largest absolute Gasteiger partial charge is 0.436 e. The molecule has 0 saturated heterocycles. The van der Waals surface area contributed by atoms with Crippen molar-refractivity contribution in [2.45, 2.75) is 19.3 Å². The van der Waals surface area contributed by atoms with E-state index in [1.54, 1.807) is 0 Å². The van der Waals surface area contributed by atoms with Crippen molar-refractivity contribution in [1.29, 1.82) is 0 Å². The topological polar surface area (TPSA) is 38.4 Å². The Kier molecular flexibility index (Phi) is 2.98. The lowest BCUT2D eigenvalue weighted by Crippen LogP contribution is -1.97. The van der Waals surface area contributed by atoms with Gasteiger partial charge in [-0.2, -0.15) is 0 Å². The second-order valence-electron chi connectivity index (χ2n) is 5.61. The highest BCUT2D eigenvalue weighted by Gasteiger charge is 2.22. The molecular formula is C17H14N2OS2. The van der Waals surface area contributed by atoms with E-state index in [0.29, 0.717) is 0 Å². The molecule has 0 unspecified atom stereocenters. The van der Waals surface area contributed by atoms with Crippen molar-refractivity contribution in [2.24, 2.45) is 4.99 Å². The fraction of sp³-hybridized carbons (Fsp3) is 0.294. The molecule has 3 aliphatic rings. The lowest BCUT2D eigenvalue weighted by molar-refractivity contribution is 0.588. The van der Waals surface area contributed by atoms with E-state index in [4.69, 9.17) is 9.41 Å². The molecule has 0 aliphatic carbocycles. The maximum atomic E-state index is 5.95. The molecule has 0 fully saturated rings. The fourth-order valence-corrected chi connectivity index (χ4v) is 4.93. The standard InChI is InChI=1S/C17H14N2OS2/c1-3-15(21-5-1)13-8-10-7-12-14(9-11(10)18-13)20-17(19-12)16-4-2-6-22-16/h3-4,7,9H,1-2,5-6,8H2. The third kappa shape index (κ3) is 2.07. The van der Waals surface area contributed by atoms with Crippen LogP contribution >= 0.6 is 23.5 Å². The molecule has 2 aromatic rings. The lowest BCUT2D eigenvalue weighted by Gasteiger charge is -1.98. The molecule has 0 atom stereocenters. The minimum absolute atomic E-state index is 0.763. The van der Waals surface area contributed by atoms with Gasteiger partial charge in [-0.15, -0.1) is 23.5 Å². The van der Waals surface area contributed by atoms with Crippen molar-refractivity contribution in [2.75, 3.05) is 11.5 Å². The Morgan fingerprint density at radius 3 is 2.59 bits per heavy atom. The molecule has 3 aliphatic heterocycles. The third-order valence-corrected chi connectivity index (χ3v) is 6.35. The molecule has 5 heteroatoms. The molecule has 4 heterocycles. The Morgan fingerprint density at radius 2 is 1.82 bits per heavy atom. The van der Waals surface area contributed by atoms with E-state index >= 15 is 0 Å². The molecule has 3 nitrogen and oxygen atoms in total. The second kappa shape index (κ2) is 5.03. The number of oxazole rings is 1. The summed E-state index contributed by atoms with van der Waals surface area (Å²) in [6, 6.07) is 4.20. The van der Waals surface area contributed by atoms with Crippen molar-refractivity contribution < 1.29 is 4.42 Å². The highest BCUT2D eigenvalue weighted by Crippen LogP contribution is 2.39. The number of aromatic nitrogens is 1. The van der Waals surface area contributed by atoms with Gasteiger partial charge in [-0.25, -0.2) is 4.98 Å². The molecule has 0 spiro atoms. The van der Waals surface area contributed by atoms with Crippen LogP contribution in [0.25, 0.3) is 16.0 Å². The van der Waals surface area contributed by atoms with Crippen LogP contribution in [0, 0.1) is 0 Å². The predicted molar refractivity (Wildman–Crippen MR) is 95.0 cm³/mol. The van der Waals surface area contributed by atoms with Gasteiger partial charge in [-0.1, -0.05) is 12.2 Å². The van der Waals surface area contributed by atoms with Crippen LogP contribution in [0.2, 0.25) is 0 Å². The van der Waals surface area contributed by atoms with Gasteiger partial charge in [0.25, 0.3) is 0 Å². The van der Waals surface area contributed by atoms with Gasteiger partial charge >= 0.3 is 0 Å². The van der Waals surface area contributed by atoms with Gasteiger partial charge in [-0.05, 0) is 24.5 Å². The van der Waals surface area contributed by atoms with E-state index in [0.717, 1.165) is 47.7 Å². The van der Waals surface area contributed by atoms with E-state index in [-0.39, 0.29) is 0 Å². The Labute approximate surface area is 137 Å². The van der Waals surface area contributed by atoms with E-state index in [1.165, 1.54) is 26.8 Å². The summed E-state index contributed by atoms with van der Waals surface area (Å²) in [4.78, 5) is 12.0. The molecule has 110 valence electrons. The van der Waals surface area contributed by atoms with E-state index < -0.39 is 0 Å². The van der Waals surface area contributed by atoms with Crippen LogP contribution in [0.1, 0.15) is 24.3 Å². The zero-order valence-corrected chi connectivity index (χ0v) is 13.6. The first kappa shape index (κ1) is 13.0. The highest BCUT2D eigenvalue weighted by molar-refractivity contribution is 8.08. The van der Waals surface area contributed by atoms with Crippen LogP contribution in [0.5, 0.6) is 0 Å². The Morgan fingerprint density at radius 1 is 1.00 bits per heavy atom. The number of rotatable bonds is 2. The van der Waals surface area contributed by atoms with Gasteiger partial charge in [0, 0.05) is 28.9 Å². The van der Waals surface area contributed by atoms with Crippen LogP contribution in [0.3, 0.4) is 0 Å². The van der Waals surface area contributed by atoms with Gasteiger partial charge in [0.1, 0.15) is 5.52 Å². The van der Waals surface area contributed by atoms with Crippen molar-refractivity contribution in [3.63, 3.8) is 0 Å². The molecule has 0 amide bonds. The summed E-state index contributed by atoms with van der Waals surface area (Å²) in [6.07, 6.45) is 7.71. The van der Waals surface area contributed by atoms with Crippen LogP contribution in [0.15, 0.2) is 38.6 Å². The summed E-state index contributed by atoms with van der Waals surface area (Å²) in [7, 11) is 0. The van der Waals surface area contributed by atoms with Crippen LogP contribution in [-0.2, 0) is 6.42 Å². The minimum Gasteiger partial charge on any atom is -0.436 e. The summed E-state index contributed by atoms with van der Waals surface area (Å²) in [5.41, 5.74) is 5.32. The molecular weight excluding hydrogens is 312 g/mol. The summed E-state index contributed by atoms with van der Waals surface area (Å²) in [5.74, 6) is 3.08. The van der Waals surface area contributed by atoms with E-state index in [1.807, 2.05) is 23.5 Å². The zero-order valence-electron chi connectivity index (χ0n) is 12.0. The smallest absolute Gasteiger partial charge is 0.233 e. The first-order valence-electron chi connectivity index (χ1n) is 7.54. The lowest BCUT2D eigenvalue weighted by atomic mass is 10.1. The molecule has 0 saturated carbocycles. The van der Waals surface area contributed by atoms with Gasteiger partial charge in [0.2, 0.25) is 5.89 Å². The molecule has 1 aromatic heterocycles. The maximum absolute atomic E-state index is 5.95. The van der Waals surface area contributed by atoms with Crippen molar-refractivity contribution in [3.05, 3.63) is 40.6 Å². The molecule has 0 N–H and O–H groups in total. The summed E-state index contributed by atoms with van der Waals surface area (Å²) in [5, 5.41) is 0. The number of thioether (sulfide) groups is 2. The highest BCUT2D eigenvalue weighted by atomic mass is 32.2. The second-order valence-corrected chi connectivity index (χ2v) is 7.89. The fourth-order valence-electron chi connectivity index (χ4n) is 3.05. The Balaban J connectivity index is 1.55. The molecule has 5 rings (SSSR count). The minimum atomic E-state index is 0.763. The average molecular weight is 326 g/mol. The Hall–Kier alpha value is -1.46. The zero-order chi connectivity index (χ0) is 14.5. The van der Waals surface area contributed by atoms with Gasteiger partial charge < -0.3 is 4.42 Å². The number of aliphatic imine (C=N–C) groups is 1. The quantitative estimate of drug-likeness (QED) is 0.782. The number of fused-ring (bicyclic) bond motifs is 2. The number of allylic oxidation sites excluding steroid dienone is 3. The predicted octanol–water partition coefficient (Wildman–Crippen LogP) is 4.96. The average Bonchev–Trinajstić information content (AvgIpc) is 3.27. The number of benzene rings is 1. The first-order chi connectivity index (χ1) is 10.9. The molecule has 0 bridgehead atoms. The van der Waals surface area contributed by atoms with Crippen molar-refractivity contribution in [1.82, 2.24) is 4.98 Å². The van der Waals surface area contributed by atoms with Crippen LogP contribution < -0.4 is 0 Å².